The average Bonchev–Trinajstić information content (AvgIpc) is 3.39. The summed E-state index contributed by atoms with van der Waals surface area (Å²) in [4.78, 5) is 15.0. The zero-order valence-corrected chi connectivity index (χ0v) is 30.4. The monoisotopic (exact) mass is 681 g/mol. The van der Waals surface area contributed by atoms with Gasteiger partial charge in [0, 0.05) is 38.0 Å². The van der Waals surface area contributed by atoms with Crippen LogP contribution in [-0.2, 0) is 9.98 Å². The lowest BCUT2D eigenvalue weighted by molar-refractivity contribution is 0.586. The Morgan fingerprint density at radius 3 is 1.64 bits per heavy atom. The highest BCUT2D eigenvalue weighted by molar-refractivity contribution is 7.85. The second kappa shape index (κ2) is 11.1. The lowest BCUT2D eigenvalue weighted by Crippen LogP contribution is -2.51. The molecule has 0 saturated heterocycles. The van der Waals surface area contributed by atoms with E-state index in [1.807, 2.05) is 91.0 Å². The molecule has 242 valence electrons. The van der Waals surface area contributed by atoms with Crippen molar-refractivity contribution in [2.75, 3.05) is 0 Å². The van der Waals surface area contributed by atoms with E-state index in [9.17, 15) is 0 Å². The summed E-state index contributed by atoms with van der Waals surface area (Å²) in [6.07, 6.45) is 0. The van der Waals surface area contributed by atoms with Gasteiger partial charge in [-0.1, -0.05) is 160 Å². The number of benzene rings is 6. The van der Waals surface area contributed by atoms with Crippen molar-refractivity contribution >= 4 is 41.5 Å². The van der Waals surface area contributed by atoms with Gasteiger partial charge in [0.1, 0.15) is 8.07 Å². The SMILES string of the molecule is CC1(C)c2ccc(-c3nc(-c4ccccc4)nc(-c4ccccc4)n3)cc2P(=O)(c2ccccc2)c2cc3c(cc21)-c1ccccc1[Si]3(C)C. The molecule has 0 aliphatic carbocycles. The van der Waals surface area contributed by atoms with Gasteiger partial charge in [-0.05, 0) is 44.8 Å². The first kappa shape index (κ1) is 30.8. The zero-order chi connectivity index (χ0) is 34.3. The van der Waals surface area contributed by atoms with E-state index in [1.165, 1.54) is 21.5 Å². The summed E-state index contributed by atoms with van der Waals surface area (Å²) < 4.78 is 16.4. The molecule has 3 heterocycles. The van der Waals surface area contributed by atoms with Crippen LogP contribution in [0.2, 0.25) is 13.1 Å². The molecule has 1 atom stereocenters. The fourth-order valence-corrected chi connectivity index (χ4v) is 14.7. The summed E-state index contributed by atoms with van der Waals surface area (Å²) in [5.41, 5.74) is 7.10. The van der Waals surface area contributed by atoms with E-state index in [2.05, 4.69) is 81.5 Å². The Bertz CT molecular complexity index is 2460. The van der Waals surface area contributed by atoms with Crippen molar-refractivity contribution in [3.63, 3.8) is 0 Å². The van der Waals surface area contributed by atoms with E-state index in [-0.39, 0.29) is 0 Å². The Hall–Kier alpha value is -5.22. The van der Waals surface area contributed by atoms with Crippen LogP contribution in [0, 0.1) is 0 Å². The van der Waals surface area contributed by atoms with Crippen molar-refractivity contribution in [3.05, 3.63) is 157 Å². The van der Waals surface area contributed by atoms with Crippen molar-refractivity contribution in [3.8, 4) is 45.3 Å². The fourth-order valence-electron chi connectivity index (χ4n) is 8.09. The highest BCUT2D eigenvalue weighted by atomic mass is 31.2. The van der Waals surface area contributed by atoms with Crippen LogP contribution in [0.25, 0.3) is 45.3 Å². The fraction of sp³-hybridized carbons (Fsp3) is 0.114. The third kappa shape index (κ3) is 4.50. The van der Waals surface area contributed by atoms with E-state index in [0.717, 1.165) is 43.7 Å². The summed E-state index contributed by atoms with van der Waals surface area (Å²) in [6.45, 7) is 9.40. The number of hydrogen-bond donors (Lipinski definition) is 0. The molecule has 0 N–H and O–H groups in total. The third-order valence-corrected chi connectivity index (χ3v) is 17.5. The van der Waals surface area contributed by atoms with E-state index in [1.54, 1.807) is 0 Å². The van der Waals surface area contributed by atoms with Gasteiger partial charge in [-0.15, -0.1) is 0 Å². The van der Waals surface area contributed by atoms with Crippen molar-refractivity contribution < 1.29 is 4.57 Å². The molecular weight excluding hydrogens is 646 g/mol. The number of aromatic nitrogens is 3. The van der Waals surface area contributed by atoms with Crippen molar-refractivity contribution in [1.82, 2.24) is 15.0 Å². The zero-order valence-electron chi connectivity index (χ0n) is 28.6. The Labute approximate surface area is 294 Å². The molecule has 0 radical (unpaired) electrons. The van der Waals surface area contributed by atoms with Crippen molar-refractivity contribution in [1.29, 1.82) is 0 Å². The lowest BCUT2D eigenvalue weighted by atomic mass is 9.76. The van der Waals surface area contributed by atoms with Crippen LogP contribution in [0.4, 0.5) is 0 Å². The predicted octanol–water partition coefficient (Wildman–Crippen LogP) is 7.95. The van der Waals surface area contributed by atoms with Gasteiger partial charge in [-0.25, -0.2) is 15.0 Å². The Kier molecular flexibility index (Phi) is 6.87. The molecule has 50 heavy (non-hydrogen) atoms. The lowest BCUT2D eigenvalue weighted by Gasteiger charge is -2.40. The molecule has 0 bridgehead atoms. The Balaban J connectivity index is 1.30. The van der Waals surface area contributed by atoms with Crippen LogP contribution in [-0.4, -0.2) is 23.0 Å². The molecule has 6 aromatic carbocycles. The maximum absolute atomic E-state index is 16.4. The first-order valence-electron chi connectivity index (χ1n) is 17.1. The van der Waals surface area contributed by atoms with Crippen LogP contribution < -0.4 is 26.3 Å². The van der Waals surface area contributed by atoms with Crippen molar-refractivity contribution in [2.24, 2.45) is 0 Å². The summed E-state index contributed by atoms with van der Waals surface area (Å²) in [6, 6.07) is 50.1. The first-order valence-corrected chi connectivity index (χ1v) is 21.9. The van der Waals surface area contributed by atoms with Gasteiger partial charge >= 0.3 is 0 Å². The molecule has 0 amide bonds. The van der Waals surface area contributed by atoms with E-state index in [0.29, 0.717) is 17.5 Å². The van der Waals surface area contributed by atoms with Gasteiger partial charge in [-0.3, -0.25) is 0 Å². The maximum atomic E-state index is 16.4. The minimum absolute atomic E-state index is 0.395. The minimum atomic E-state index is -3.35. The summed E-state index contributed by atoms with van der Waals surface area (Å²) in [7, 11) is -5.38. The standard InChI is InChI=1S/C44H36N3OPSi/c1-44(2)35-25-24-31(43-46-41(29-16-8-5-9-17-29)45-42(47-43)30-18-10-6-11-19-30)26-37(35)49(48,32-20-12-7-13-21-32)38-28-40-34(27-36(38)44)33-22-14-15-23-39(33)50(40,3)4/h5-28H,1-4H3. The maximum Gasteiger partial charge on any atom is 0.171 e. The molecule has 9 rings (SSSR count). The Morgan fingerprint density at radius 1 is 0.500 bits per heavy atom. The van der Waals surface area contributed by atoms with Crippen LogP contribution in [0.3, 0.4) is 0 Å². The third-order valence-electron chi connectivity index (χ3n) is 10.8. The van der Waals surface area contributed by atoms with E-state index < -0.39 is 20.6 Å². The highest BCUT2D eigenvalue weighted by Gasteiger charge is 2.48. The van der Waals surface area contributed by atoms with Crippen LogP contribution >= 0.6 is 7.14 Å². The largest absolute Gasteiger partial charge is 0.309 e. The number of hydrogen-bond acceptors (Lipinski definition) is 4. The molecule has 6 heteroatoms. The highest BCUT2D eigenvalue weighted by Crippen LogP contribution is 2.53. The second-order valence-corrected chi connectivity index (χ2v) is 21.5. The molecule has 2 aliphatic heterocycles. The predicted molar refractivity (Wildman–Crippen MR) is 210 cm³/mol. The van der Waals surface area contributed by atoms with Gasteiger partial charge < -0.3 is 4.57 Å². The molecule has 7 aromatic rings. The molecule has 2 aliphatic rings. The molecule has 0 fully saturated rings. The van der Waals surface area contributed by atoms with E-state index in [4.69, 9.17) is 15.0 Å². The number of fused-ring (bicyclic) bond motifs is 5. The first-order chi connectivity index (χ1) is 24.2. The summed E-state index contributed by atoms with van der Waals surface area (Å²) in [5, 5.41) is 5.47. The molecular formula is C44H36N3OPSi. The molecule has 1 unspecified atom stereocenters. The van der Waals surface area contributed by atoms with Crippen LogP contribution in [0.1, 0.15) is 25.0 Å². The second-order valence-electron chi connectivity index (χ2n) is 14.4. The molecule has 0 spiro atoms. The van der Waals surface area contributed by atoms with E-state index >= 15 is 4.57 Å². The summed E-state index contributed by atoms with van der Waals surface area (Å²) in [5.74, 6) is 1.76. The van der Waals surface area contributed by atoms with Gasteiger partial charge in [0.15, 0.2) is 24.6 Å². The number of nitrogens with zero attached hydrogens (tertiary/aromatic N) is 3. The number of rotatable bonds is 4. The molecule has 0 saturated carbocycles. The summed E-state index contributed by atoms with van der Waals surface area (Å²) >= 11 is 0. The Morgan fingerprint density at radius 2 is 1.02 bits per heavy atom. The van der Waals surface area contributed by atoms with Gasteiger partial charge in [0.05, 0.1) is 0 Å². The smallest absolute Gasteiger partial charge is 0.171 e. The quantitative estimate of drug-likeness (QED) is 0.140. The van der Waals surface area contributed by atoms with Gasteiger partial charge in [-0.2, -0.15) is 0 Å². The van der Waals surface area contributed by atoms with Crippen LogP contribution in [0.15, 0.2) is 146 Å². The molecule has 4 nitrogen and oxygen atoms in total. The van der Waals surface area contributed by atoms with Crippen LogP contribution in [0.5, 0.6) is 0 Å². The van der Waals surface area contributed by atoms with Gasteiger partial charge in [0.2, 0.25) is 0 Å². The normalized spacial score (nSPS) is 17.7. The molecule has 1 aromatic heterocycles. The minimum Gasteiger partial charge on any atom is -0.309 e. The van der Waals surface area contributed by atoms with Crippen molar-refractivity contribution in [2.45, 2.75) is 32.4 Å². The topological polar surface area (TPSA) is 55.7 Å². The van der Waals surface area contributed by atoms with Gasteiger partial charge in [0.25, 0.3) is 0 Å². The average molecular weight is 682 g/mol.